The van der Waals surface area contributed by atoms with Gasteiger partial charge in [-0.25, -0.2) is 0 Å². The topological polar surface area (TPSA) is 3.24 Å². The molecular formula is C40H27N. The Morgan fingerprint density at radius 3 is 1.44 bits per heavy atom. The average Bonchev–Trinajstić information content (AvgIpc) is 3.05. The van der Waals surface area contributed by atoms with Gasteiger partial charge in [0.25, 0.3) is 0 Å². The van der Waals surface area contributed by atoms with E-state index in [9.17, 15) is 0 Å². The van der Waals surface area contributed by atoms with Crippen molar-refractivity contribution in [2.24, 2.45) is 0 Å². The molecule has 0 N–H and O–H groups in total. The third-order valence-electron chi connectivity index (χ3n) is 8.21. The van der Waals surface area contributed by atoms with Gasteiger partial charge in [0.05, 0.1) is 0 Å². The first kappa shape index (κ1) is 23.5. The molecular weight excluding hydrogens is 494 g/mol. The molecule has 8 aromatic carbocycles. The monoisotopic (exact) mass is 521 g/mol. The van der Waals surface area contributed by atoms with Crippen LogP contribution >= 0.6 is 0 Å². The van der Waals surface area contributed by atoms with Crippen molar-refractivity contribution in [1.29, 1.82) is 0 Å². The van der Waals surface area contributed by atoms with Crippen molar-refractivity contribution in [2.45, 2.75) is 0 Å². The lowest BCUT2D eigenvalue weighted by Gasteiger charge is -2.26. The van der Waals surface area contributed by atoms with Gasteiger partial charge in [-0.05, 0) is 91.0 Å². The normalized spacial score (nSPS) is 11.4. The summed E-state index contributed by atoms with van der Waals surface area (Å²) in [6.45, 7) is 0. The SMILES string of the molecule is c1ccc(-c2ccc(N(c3ccccc3)c3ccc(-c4ccc5ccc6cccc7ccc4c5c67)cc3)cc2)cc1. The third kappa shape index (κ3) is 4.02. The van der Waals surface area contributed by atoms with E-state index < -0.39 is 0 Å². The van der Waals surface area contributed by atoms with Gasteiger partial charge in [0, 0.05) is 17.1 Å². The van der Waals surface area contributed by atoms with E-state index in [1.54, 1.807) is 0 Å². The second-order valence-corrected chi connectivity index (χ2v) is 10.6. The van der Waals surface area contributed by atoms with Crippen LogP contribution in [-0.4, -0.2) is 0 Å². The van der Waals surface area contributed by atoms with Crippen molar-refractivity contribution in [2.75, 3.05) is 4.90 Å². The van der Waals surface area contributed by atoms with E-state index in [-0.39, 0.29) is 0 Å². The molecule has 0 amide bonds. The molecule has 1 heteroatoms. The van der Waals surface area contributed by atoms with Crippen molar-refractivity contribution < 1.29 is 0 Å². The zero-order chi connectivity index (χ0) is 27.2. The molecule has 0 saturated heterocycles. The Balaban J connectivity index is 1.22. The lowest BCUT2D eigenvalue weighted by atomic mass is 9.90. The lowest BCUT2D eigenvalue weighted by Crippen LogP contribution is -2.09. The predicted molar refractivity (Wildman–Crippen MR) is 176 cm³/mol. The van der Waals surface area contributed by atoms with Crippen LogP contribution in [0.2, 0.25) is 0 Å². The summed E-state index contributed by atoms with van der Waals surface area (Å²) < 4.78 is 0. The van der Waals surface area contributed by atoms with E-state index in [1.807, 2.05) is 0 Å². The van der Waals surface area contributed by atoms with Crippen LogP contribution in [0.25, 0.3) is 54.6 Å². The molecule has 0 heterocycles. The Labute approximate surface area is 239 Å². The second-order valence-electron chi connectivity index (χ2n) is 10.6. The molecule has 0 atom stereocenters. The molecule has 0 radical (unpaired) electrons. The minimum Gasteiger partial charge on any atom is -0.311 e. The van der Waals surface area contributed by atoms with E-state index in [4.69, 9.17) is 0 Å². The summed E-state index contributed by atoms with van der Waals surface area (Å²) in [4.78, 5) is 2.32. The first-order chi connectivity index (χ1) is 20.3. The highest BCUT2D eigenvalue weighted by Gasteiger charge is 2.15. The molecule has 8 aromatic rings. The summed E-state index contributed by atoms with van der Waals surface area (Å²) in [6.07, 6.45) is 0. The maximum absolute atomic E-state index is 2.32. The number of para-hydroxylation sites is 1. The molecule has 8 rings (SSSR count). The van der Waals surface area contributed by atoms with Crippen LogP contribution in [0.3, 0.4) is 0 Å². The summed E-state index contributed by atoms with van der Waals surface area (Å²) >= 11 is 0. The van der Waals surface area contributed by atoms with Crippen molar-refractivity contribution in [3.63, 3.8) is 0 Å². The van der Waals surface area contributed by atoms with Gasteiger partial charge in [-0.1, -0.05) is 127 Å². The van der Waals surface area contributed by atoms with E-state index in [0.717, 1.165) is 17.1 Å². The highest BCUT2D eigenvalue weighted by atomic mass is 15.1. The molecule has 192 valence electrons. The summed E-state index contributed by atoms with van der Waals surface area (Å²) in [5.41, 5.74) is 8.32. The van der Waals surface area contributed by atoms with Crippen LogP contribution in [0.15, 0.2) is 164 Å². The van der Waals surface area contributed by atoms with Gasteiger partial charge in [-0.3, -0.25) is 0 Å². The zero-order valence-corrected chi connectivity index (χ0v) is 22.5. The summed E-state index contributed by atoms with van der Waals surface area (Å²) in [6, 6.07) is 59.1. The van der Waals surface area contributed by atoms with E-state index in [0.29, 0.717) is 0 Å². The number of rotatable bonds is 5. The van der Waals surface area contributed by atoms with E-state index >= 15 is 0 Å². The van der Waals surface area contributed by atoms with Gasteiger partial charge in [-0.2, -0.15) is 0 Å². The fourth-order valence-electron chi connectivity index (χ4n) is 6.23. The zero-order valence-electron chi connectivity index (χ0n) is 22.5. The Bertz CT molecular complexity index is 2090. The van der Waals surface area contributed by atoms with E-state index in [2.05, 4.69) is 169 Å². The number of hydrogen-bond acceptors (Lipinski definition) is 1. The quantitative estimate of drug-likeness (QED) is 0.204. The van der Waals surface area contributed by atoms with Gasteiger partial charge in [0.1, 0.15) is 0 Å². The largest absolute Gasteiger partial charge is 0.311 e. The Kier molecular flexibility index (Phi) is 5.53. The number of nitrogens with zero attached hydrogens (tertiary/aromatic N) is 1. The van der Waals surface area contributed by atoms with Crippen LogP contribution in [0.1, 0.15) is 0 Å². The third-order valence-corrected chi connectivity index (χ3v) is 8.21. The van der Waals surface area contributed by atoms with Gasteiger partial charge < -0.3 is 4.90 Å². The van der Waals surface area contributed by atoms with Gasteiger partial charge in [0.2, 0.25) is 0 Å². The lowest BCUT2D eigenvalue weighted by molar-refractivity contribution is 1.28. The molecule has 0 saturated carbocycles. The van der Waals surface area contributed by atoms with E-state index in [1.165, 1.54) is 54.6 Å². The minimum absolute atomic E-state index is 1.13. The number of benzene rings is 8. The van der Waals surface area contributed by atoms with Gasteiger partial charge in [-0.15, -0.1) is 0 Å². The number of hydrogen-bond donors (Lipinski definition) is 0. The molecule has 0 aliphatic heterocycles. The number of anilines is 3. The van der Waals surface area contributed by atoms with Crippen molar-refractivity contribution >= 4 is 49.4 Å². The highest BCUT2D eigenvalue weighted by Crippen LogP contribution is 2.41. The molecule has 0 fully saturated rings. The Hall–Kier alpha value is -5.40. The second kappa shape index (κ2) is 9.66. The summed E-state index contributed by atoms with van der Waals surface area (Å²) in [7, 11) is 0. The summed E-state index contributed by atoms with van der Waals surface area (Å²) in [5.74, 6) is 0. The molecule has 0 spiro atoms. The maximum Gasteiger partial charge on any atom is 0.0462 e. The molecule has 1 nitrogen and oxygen atoms in total. The van der Waals surface area contributed by atoms with Crippen molar-refractivity contribution in [3.05, 3.63) is 164 Å². The van der Waals surface area contributed by atoms with Gasteiger partial charge in [0.15, 0.2) is 0 Å². The van der Waals surface area contributed by atoms with Crippen molar-refractivity contribution in [3.8, 4) is 22.3 Å². The molecule has 0 aliphatic rings. The Morgan fingerprint density at radius 1 is 0.293 bits per heavy atom. The smallest absolute Gasteiger partial charge is 0.0462 e. The van der Waals surface area contributed by atoms with Crippen LogP contribution in [0.4, 0.5) is 17.1 Å². The van der Waals surface area contributed by atoms with Crippen molar-refractivity contribution in [1.82, 2.24) is 0 Å². The molecule has 41 heavy (non-hydrogen) atoms. The van der Waals surface area contributed by atoms with Crippen LogP contribution in [0.5, 0.6) is 0 Å². The van der Waals surface area contributed by atoms with Crippen LogP contribution < -0.4 is 4.90 Å². The highest BCUT2D eigenvalue weighted by molar-refractivity contribution is 6.25. The Morgan fingerprint density at radius 2 is 0.780 bits per heavy atom. The maximum atomic E-state index is 2.32. The fourth-order valence-corrected chi connectivity index (χ4v) is 6.23. The first-order valence-electron chi connectivity index (χ1n) is 14.1. The van der Waals surface area contributed by atoms with Crippen LogP contribution in [-0.2, 0) is 0 Å². The summed E-state index contributed by atoms with van der Waals surface area (Å²) in [5, 5.41) is 7.89. The fraction of sp³-hybridized carbons (Fsp3) is 0. The predicted octanol–water partition coefficient (Wildman–Crippen LogP) is 11.4. The molecule has 0 unspecified atom stereocenters. The molecule has 0 bridgehead atoms. The molecule has 0 aromatic heterocycles. The van der Waals surface area contributed by atoms with Crippen LogP contribution in [0, 0.1) is 0 Å². The van der Waals surface area contributed by atoms with Gasteiger partial charge >= 0.3 is 0 Å². The standard InChI is InChI=1S/C40H27N/c1-3-8-28(9-4-1)29-16-22-35(23-17-29)41(34-12-5-2-6-13-34)36-24-18-30(19-25-36)37-26-20-33-15-14-31-10-7-11-32-21-27-38(37)40(33)39(31)32/h1-27H. The molecule has 0 aliphatic carbocycles. The first-order valence-corrected chi connectivity index (χ1v) is 14.1. The minimum atomic E-state index is 1.13. The average molecular weight is 522 g/mol.